The van der Waals surface area contributed by atoms with Gasteiger partial charge in [0, 0.05) is 5.41 Å². The zero-order valence-electron chi connectivity index (χ0n) is 16.3. The lowest BCUT2D eigenvalue weighted by Crippen LogP contribution is -2.25. The fraction of sp³-hybridized carbons (Fsp3) is 0.0833. The molecule has 1 aromatic heterocycles. The number of nitrogens with one attached hydrogen (secondary N) is 1. The monoisotopic (exact) mass is 411 g/mol. The van der Waals surface area contributed by atoms with Gasteiger partial charge in [0.2, 0.25) is 5.16 Å². The molecule has 0 bridgehead atoms. The third kappa shape index (κ3) is 3.75. The molecule has 6 heteroatoms. The molecule has 1 aliphatic heterocycles. The van der Waals surface area contributed by atoms with Gasteiger partial charge in [-0.3, -0.25) is 5.43 Å². The molecule has 4 aromatic rings. The molecule has 0 unspecified atom stereocenters. The summed E-state index contributed by atoms with van der Waals surface area (Å²) in [6.45, 7) is 0. The highest BCUT2D eigenvalue weighted by atomic mass is 32.2. The van der Waals surface area contributed by atoms with Crippen molar-refractivity contribution in [2.45, 2.75) is 17.6 Å². The van der Waals surface area contributed by atoms with E-state index in [-0.39, 0.29) is 6.04 Å². The average molecular weight is 412 g/mol. The Labute approximate surface area is 179 Å². The smallest absolute Gasteiger partial charge is 0.214 e. The molecule has 0 spiro atoms. The summed E-state index contributed by atoms with van der Waals surface area (Å²) in [4.78, 5) is 0. The maximum absolute atomic E-state index is 6.47. The third-order valence-corrected chi connectivity index (χ3v) is 5.93. The number of thioether (sulfide) groups is 1. The SMILES string of the molecule is N[C@@H](Cc1ccccc1)c1nnc2n1NC(c1ccc(-c3ccccc3)cc1)=CS2. The predicted molar refractivity (Wildman–Crippen MR) is 122 cm³/mol. The second kappa shape index (κ2) is 8.18. The zero-order chi connectivity index (χ0) is 20.3. The average Bonchev–Trinajstić information content (AvgIpc) is 3.24. The van der Waals surface area contributed by atoms with Gasteiger partial charge in [-0.1, -0.05) is 96.7 Å². The molecule has 0 aliphatic carbocycles. The molecule has 2 heterocycles. The van der Waals surface area contributed by atoms with Gasteiger partial charge in [-0.05, 0) is 28.7 Å². The summed E-state index contributed by atoms with van der Waals surface area (Å²) in [5.74, 6) is 0.729. The minimum atomic E-state index is -0.249. The molecule has 148 valence electrons. The Bertz CT molecular complexity index is 1170. The van der Waals surface area contributed by atoms with Crippen LogP contribution in [0.5, 0.6) is 0 Å². The Kier molecular flexibility index (Phi) is 5.09. The van der Waals surface area contributed by atoms with Crippen molar-refractivity contribution in [3.8, 4) is 11.1 Å². The number of benzene rings is 3. The molecule has 0 saturated carbocycles. The Morgan fingerprint density at radius 1 is 0.800 bits per heavy atom. The first kappa shape index (κ1) is 18.7. The molecule has 0 saturated heterocycles. The molecule has 0 radical (unpaired) electrons. The van der Waals surface area contributed by atoms with Crippen molar-refractivity contribution in [1.29, 1.82) is 0 Å². The molecular formula is C24H21N5S. The first-order chi connectivity index (χ1) is 14.8. The van der Waals surface area contributed by atoms with Crippen molar-refractivity contribution in [3.63, 3.8) is 0 Å². The van der Waals surface area contributed by atoms with Crippen molar-refractivity contribution in [1.82, 2.24) is 14.9 Å². The summed E-state index contributed by atoms with van der Waals surface area (Å²) >= 11 is 1.55. The number of aromatic nitrogens is 3. The van der Waals surface area contributed by atoms with Gasteiger partial charge in [0.25, 0.3) is 0 Å². The van der Waals surface area contributed by atoms with Crippen LogP contribution in [-0.2, 0) is 6.42 Å². The van der Waals surface area contributed by atoms with Crippen molar-refractivity contribution < 1.29 is 0 Å². The van der Waals surface area contributed by atoms with E-state index in [2.05, 4.69) is 81.7 Å². The number of hydrogen-bond acceptors (Lipinski definition) is 5. The summed E-state index contributed by atoms with van der Waals surface area (Å²) in [5, 5.41) is 11.5. The Balaban J connectivity index is 1.35. The quantitative estimate of drug-likeness (QED) is 0.492. The highest BCUT2D eigenvalue weighted by molar-refractivity contribution is 8.02. The standard InChI is InChI=1S/C24H21N5S/c25-21(15-17-7-3-1-4-8-17)23-26-27-24-29(23)28-22(16-30-24)20-13-11-19(12-14-20)18-9-5-2-6-10-18/h1-14,16,21,28H,15,25H2/t21-/m0/s1. The minimum absolute atomic E-state index is 0.249. The summed E-state index contributed by atoms with van der Waals surface area (Å²) < 4.78 is 1.90. The van der Waals surface area contributed by atoms with Crippen LogP contribution in [0.2, 0.25) is 0 Å². The van der Waals surface area contributed by atoms with Gasteiger partial charge in [-0.15, -0.1) is 10.2 Å². The van der Waals surface area contributed by atoms with E-state index >= 15 is 0 Å². The van der Waals surface area contributed by atoms with Crippen molar-refractivity contribution in [2.24, 2.45) is 5.73 Å². The van der Waals surface area contributed by atoms with Gasteiger partial charge in [0.05, 0.1) is 11.7 Å². The lowest BCUT2D eigenvalue weighted by molar-refractivity contribution is 0.627. The van der Waals surface area contributed by atoms with Gasteiger partial charge < -0.3 is 5.73 Å². The van der Waals surface area contributed by atoms with E-state index in [0.717, 1.165) is 22.2 Å². The van der Waals surface area contributed by atoms with Crippen LogP contribution >= 0.6 is 11.8 Å². The molecule has 0 amide bonds. The van der Waals surface area contributed by atoms with E-state index in [1.165, 1.54) is 16.7 Å². The van der Waals surface area contributed by atoms with Crippen LogP contribution in [0.3, 0.4) is 0 Å². The Morgan fingerprint density at radius 3 is 2.17 bits per heavy atom. The molecule has 30 heavy (non-hydrogen) atoms. The molecule has 0 fully saturated rings. The maximum atomic E-state index is 6.47. The molecule has 3 N–H and O–H groups in total. The Hall–Kier alpha value is -3.35. The lowest BCUT2D eigenvalue weighted by atomic mass is 10.0. The first-order valence-corrected chi connectivity index (χ1v) is 10.7. The van der Waals surface area contributed by atoms with E-state index in [1.807, 2.05) is 28.9 Å². The predicted octanol–water partition coefficient (Wildman–Crippen LogP) is 4.84. The minimum Gasteiger partial charge on any atom is -0.321 e. The number of fused-ring (bicyclic) bond motifs is 1. The largest absolute Gasteiger partial charge is 0.321 e. The fourth-order valence-electron chi connectivity index (χ4n) is 3.53. The number of rotatable bonds is 5. The summed E-state index contributed by atoms with van der Waals surface area (Å²) in [5.41, 5.74) is 15.6. The highest BCUT2D eigenvalue weighted by Gasteiger charge is 2.22. The lowest BCUT2D eigenvalue weighted by Gasteiger charge is -2.21. The van der Waals surface area contributed by atoms with Crippen molar-refractivity contribution in [2.75, 3.05) is 5.43 Å². The molecule has 1 aliphatic rings. The summed E-state index contributed by atoms with van der Waals surface area (Å²) in [6, 6.07) is 28.9. The van der Waals surface area contributed by atoms with E-state index < -0.39 is 0 Å². The van der Waals surface area contributed by atoms with E-state index in [9.17, 15) is 0 Å². The van der Waals surface area contributed by atoms with E-state index in [0.29, 0.717) is 6.42 Å². The second-order valence-corrected chi connectivity index (χ2v) is 8.01. The second-order valence-electron chi connectivity index (χ2n) is 7.18. The maximum Gasteiger partial charge on any atom is 0.214 e. The fourth-order valence-corrected chi connectivity index (χ4v) is 4.27. The normalized spacial score (nSPS) is 13.8. The summed E-state index contributed by atoms with van der Waals surface area (Å²) in [6.07, 6.45) is 0.705. The first-order valence-electron chi connectivity index (χ1n) is 9.82. The summed E-state index contributed by atoms with van der Waals surface area (Å²) in [7, 11) is 0. The number of nitrogens with two attached hydrogens (primary N) is 1. The van der Waals surface area contributed by atoms with Gasteiger partial charge >= 0.3 is 0 Å². The number of hydrogen-bond donors (Lipinski definition) is 2. The van der Waals surface area contributed by atoms with Gasteiger partial charge in [0.15, 0.2) is 5.82 Å². The Morgan fingerprint density at radius 2 is 1.43 bits per heavy atom. The zero-order valence-corrected chi connectivity index (χ0v) is 17.1. The van der Waals surface area contributed by atoms with Crippen LogP contribution in [0.1, 0.15) is 23.0 Å². The van der Waals surface area contributed by atoms with Gasteiger partial charge in [-0.25, -0.2) is 4.68 Å². The van der Waals surface area contributed by atoms with E-state index in [4.69, 9.17) is 5.73 Å². The molecule has 5 rings (SSSR count). The van der Waals surface area contributed by atoms with Gasteiger partial charge in [-0.2, -0.15) is 0 Å². The van der Waals surface area contributed by atoms with Crippen LogP contribution in [0.4, 0.5) is 0 Å². The van der Waals surface area contributed by atoms with Crippen LogP contribution in [0.25, 0.3) is 16.8 Å². The van der Waals surface area contributed by atoms with Crippen LogP contribution in [0, 0.1) is 0 Å². The number of nitrogens with zero attached hydrogens (tertiary/aromatic N) is 3. The van der Waals surface area contributed by atoms with Crippen molar-refractivity contribution >= 4 is 17.5 Å². The van der Waals surface area contributed by atoms with Crippen molar-refractivity contribution in [3.05, 3.63) is 107 Å². The topological polar surface area (TPSA) is 68.8 Å². The third-order valence-electron chi connectivity index (χ3n) is 5.11. The van der Waals surface area contributed by atoms with Crippen LogP contribution in [0.15, 0.2) is 95.5 Å². The molecule has 3 aromatic carbocycles. The van der Waals surface area contributed by atoms with E-state index in [1.54, 1.807) is 11.8 Å². The van der Waals surface area contributed by atoms with Crippen LogP contribution < -0.4 is 11.2 Å². The molecule has 5 nitrogen and oxygen atoms in total. The molecular weight excluding hydrogens is 390 g/mol. The highest BCUT2D eigenvalue weighted by Crippen LogP contribution is 2.31. The van der Waals surface area contributed by atoms with Crippen LogP contribution in [-0.4, -0.2) is 14.9 Å². The molecule has 1 atom stereocenters. The van der Waals surface area contributed by atoms with Gasteiger partial charge in [0.1, 0.15) is 0 Å².